The van der Waals surface area contributed by atoms with Gasteiger partial charge in [0.05, 0.1) is 11.0 Å². The highest BCUT2D eigenvalue weighted by molar-refractivity contribution is 5.80. The van der Waals surface area contributed by atoms with Crippen LogP contribution in [0.15, 0.2) is 41.1 Å². The summed E-state index contributed by atoms with van der Waals surface area (Å²) in [7, 11) is 0. The van der Waals surface area contributed by atoms with Crippen LogP contribution in [0, 0.1) is 6.92 Å². The van der Waals surface area contributed by atoms with Gasteiger partial charge in [0.25, 0.3) is 5.89 Å². The second kappa shape index (κ2) is 7.97. The summed E-state index contributed by atoms with van der Waals surface area (Å²) in [6.45, 7) is 8.19. The molecule has 0 radical (unpaired) electrons. The van der Waals surface area contributed by atoms with Crippen LogP contribution < -0.4 is 5.32 Å². The van der Waals surface area contributed by atoms with Crippen LogP contribution in [-0.4, -0.2) is 55.7 Å². The van der Waals surface area contributed by atoms with E-state index in [-0.39, 0.29) is 0 Å². The molecule has 2 N–H and O–H groups in total. The fourth-order valence-electron chi connectivity index (χ4n) is 3.94. The zero-order valence-corrected chi connectivity index (χ0v) is 17.2. The van der Waals surface area contributed by atoms with Gasteiger partial charge in [-0.25, -0.2) is 4.98 Å². The zero-order chi connectivity index (χ0) is 20.5. The van der Waals surface area contributed by atoms with Crippen molar-refractivity contribution in [1.29, 1.82) is 0 Å². The number of H-pyrrole nitrogens is 1. The smallest absolute Gasteiger partial charge is 0.257 e. The van der Waals surface area contributed by atoms with E-state index in [2.05, 4.69) is 49.4 Å². The molecular formula is C22H25N7O. The summed E-state index contributed by atoms with van der Waals surface area (Å²) in [4.78, 5) is 19.5. The lowest BCUT2D eigenvalue weighted by Crippen LogP contribution is -2.49. The average Bonchev–Trinajstić information content (AvgIpc) is 3.35. The van der Waals surface area contributed by atoms with Crippen molar-refractivity contribution in [1.82, 2.24) is 35.3 Å². The number of fused-ring (bicyclic) bond motifs is 1. The third-order valence-electron chi connectivity index (χ3n) is 5.56. The van der Waals surface area contributed by atoms with Gasteiger partial charge in [0.2, 0.25) is 0 Å². The molecule has 1 aromatic carbocycles. The fraction of sp³-hybridized carbons (Fsp3) is 0.364. The maximum Gasteiger partial charge on any atom is 0.257 e. The molecule has 30 heavy (non-hydrogen) atoms. The molecule has 3 aromatic heterocycles. The number of pyridine rings is 1. The second-order valence-corrected chi connectivity index (χ2v) is 7.92. The predicted molar refractivity (Wildman–Crippen MR) is 114 cm³/mol. The molecule has 8 nitrogen and oxygen atoms in total. The van der Waals surface area contributed by atoms with Gasteiger partial charge in [0.15, 0.2) is 5.82 Å². The van der Waals surface area contributed by atoms with Crippen LogP contribution in [0.25, 0.3) is 22.5 Å². The number of rotatable bonds is 5. The minimum Gasteiger partial charge on any atom is -0.342 e. The summed E-state index contributed by atoms with van der Waals surface area (Å²) in [5.41, 5.74) is 5.05. The highest BCUT2D eigenvalue weighted by atomic mass is 16.5. The fourth-order valence-corrected chi connectivity index (χ4v) is 3.94. The van der Waals surface area contributed by atoms with Crippen molar-refractivity contribution in [2.45, 2.75) is 32.9 Å². The predicted octanol–water partition coefficient (Wildman–Crippen LogP) is 2.70. The van der Waals surface area contributed by atoms with Crippen LogP contribution in [0.2, 0.25) is 0 Å². The molecule has 4 heterocycles. The Morgan fingerprint density at radius 2 is 2.13 bits per heavy atom. The van der Waals surface area contributed by atoms with E-state index < -0.39 is 0 Å². The van der Waals surface area contributed by atoms with Crippen molar-refractivity contribution in [3.05, 3.63) is 59.4 Å². The van der Waals surface area contributed by atoms with E-state index in [1.807, 2.05) is 31.3 Å². The van der Waals surface area contributed by atoms with Crippen molar-refractivity contribution in [2.75, 3.05) is 19.6 Å². The summed E-state index contributed by atoms with van der Waals surface area (Å²) in [5.74, 6) is 2.03. The van der Waals surface area contributed by atoms with Crippen LogP contribution in [0.4, 0.5) is 0 Å². The van der Waals surface area contributed by atoms with Gasteiger partial charge >= 0.3 is 0 Å². The number of hydrogen-bond acceptors (Lipinski definition) is 7. The van der Waals surface area contributed by atoms with Crippen LogP contribution >= 0.6 is 0 Å². The molecule has 1 atom stereocenters. The first-order chi connectivity index (χ1) is 14.6. The Kier molecular flexibility index (Phi) is 5.02. The van der Waals surface area contributed by atoms with E-state index in [0.717, 1.165) is 54.3 Å². The Labute approximate surface area is 174 Å². The molecule has 0 aliphatic carbocycles. The average molecular weight is 403 g/mol. The van der Waals surface area contributed by atoms with Gasteiger partial charge in [0, 0.05) is 56.1 Å². The third kappa shape index (κ3) is 3.96. The lowest BCUT2D eigenvalue weighted by atomic mass is 10.1. The lowest BCUT2D eigenvalue weighted by Gasteiger charge is -2.33. The molecule has 1 aliphatic heterocycles. The van der Waals surface area contributed by atoms with Crippen LogP contribution in [-0.2, 0) is 13.0 Å². The number of aromatic nitrogens is 5. The van der Waals surface area contributed by atoms with Gasteiger partial charge in [-0.15, -0.1) is 0 Å². The van der Waals surface area contributed by atoms with Crippen LogP contribution in [0.1, 0.15) is 29.8 Å². The molecule has 1 aliphatic rings. The minimum atomic E-state index is 0.516. The van der Waals surface area contributed by atoms with Gasteiger partial charge in [-0.2, -0.15) is 4.98 Å². The first-order valence-corrected chi connectivity index (χ1v) is 10.3. The molecule has 0 amide bonds. The molecule has 154 valence electrons. The Balaban J connectivity index is 1.34. The first kappa shape index (κ1) is 18.9. The number of hydrogen-bond donors (Lipinski definition) is 2. The van der Waals surface area contributed by atoms with Crippen molar-refractivity contribution >= 4 is 11.0 Å². The van der Waals surface area contributed by atoms with E-state index in [0.29, 0.717) is 24.2 Å². The number of nitrogens with one attached hydrogen (secondary N) is 2. The van der Waals surface area contributed by atoms with Gasteiger partial charge in [0.1, 0.15) is 5.82 Å². The normalized spacial score (nSPS) is 17.6. The largest absolute Gasteiger partial charge is 0.342 e. The molecule has 1 saturated heterocycles. The molecular weight excluding hydrogens is 378 g/mol. The number of benzene rings is 1. The number of aryl methyl sites for hydroxylation is 1. The maximum absolute atomic E-state index is 5.27. The van der Waals surface area contributed by atoms with E-state index in [9.17, 15) is 0 Å². The standard InChI is InChI=1S/C22H25N7O/c1-14-12-23-7-8-29(14)13-16-5-6-24-18(9-16)11-21-26-19-4-3-17(10-20(19)27-21)22-25-15(2)28-30-22/h3-6,9-10,14,23H,7-8,11-13H2,1-2H3,(H,26,27)/t14-/m1/s1. The second-order valence-electron chi connectivity index (χ2n) is 7.92. The Morgan fingerprint density at radius 1 is 1.20 bits per heavy atom. The Hall–Kier alpha value is -3.10. The molecule has 0 spiro atoms. The molecule has 0 saturated carbocycles. The minimum absolute atomic E-state index is 0.516. The number of nitrogens with zero attached hydrogens (tertiary/aromatic N) is 5. The number of piperazine rings is 1. The van der Waals surface area contributed by atoms with Gasteiger partial charge in [-0.1, -0.05) is 5.16 Å². The van der Waals surface area contributed by atoms with Gasteiger partial charge in [-0.3, -0.25) is 9.88 Å². The van der Waals surface area contributed by atoms with E-state index >= 15 is 0 Å². The summed E-state index contributed by atoms with van der Waals surface area (Å²) in [5, 5.41) is 7.30. The summed E-state index contributed by atoms with van der Waals surface area (Å²) in [6.07, 6.45) is 2.56. The zero-order valence-electron chi connectivity index (χ0n) is 17.2. The quantitative estimate of drug-likeness (QED) is 0.529. The Morgan fingerprint density at radius 3 is 2.97 bits per heavy atom. The third-order valence-corrected chi connectivity index (χ3v) is 5.56. The van der Waals surface area contributed by atoms with E-state index in [1.165, 1.54) is 5.56 Å². The van der Waals surface area contributed by atoms with Crippen LogP contribution in [0.3, 0.4) is 0 Å². The summed E-state index contributed by atoms with van der Waals surface area (Å²) < 4.78 is 5.27. The molecule has 1 fully saturated rings. The highest BCUT2D eigenvalue weighted by Crippen LogP contribution is 2.22. The number of aromatic amines is 1. The maximum atomic E-state index is 5.27. The molecule has 4 aromatic rings. The Bertz CT molecular complexity index is 1170. The van der Waals surface area contributed by atoms with Crippen molar-refractivity contribution in [3.8, 4) is 11.5 Å². The molecule has 0 bridgehead atoms. The molecule has 0 unspecified atom stereocenters. The van der Waals surface area contributed by atoms with E-state index in [4.69, 9.17) is 9.51 Å². The lowest BCUT2D eigenvalue weighted by molar-refractivity contribution is 0.165. The van der Waals surface area contributed by atoms with Crippen molar-refractivity contribution in [3.63, 3.8) is 0 Å². The topological polar surface area (TPSA) is 95.8 Å². The van der Waals surface area contributed by atoms with E-state index in [1.54, 1.807) is 0 Å². The summed E-state index contributed by atoms with van der Waals surface area (Å²) in [6, 6.07) is 10.8. The van der Waals surface area contributed by atoms with Gasteiger partial charge < -0.3 is 14.8 Å². The first-order valence-electron chi connectivity index (χ1n) is 10.3. The SMILES string of the molecule is Cc1noc(-c2ccc3nc(Cc4cc(CN5CCNC[C@H]5C)ccn4)[nH]c3c2)n1. The van der Waals surface area contributed by atoms with Crippen molar-refractivity contribution < 1.29 is 4.52 Å². The monoisotopic (exact) mass is 403 g/mol. The van der Waals surface area contributed by atoms with Crippen molar-refractivity contribution in [2.24, 2.45) is 0 Å². The highest BCUT2D eigenvalue weighted by Gasteiger charge is 2.18. The summed E-state index contributed by atoms with van der Waals surface area (Å²) >= 11 is 0. The molecule has 5 rings (SSSR count). The number of imidazole rings is 1. The van der Waals surface area contributed by atoms with Crippen LogP contribution in [0.5, 0.6) is 0 Å². The van der Waals surface area contributed by atoms with Gasteiger partial charge in [-0.05, 0) is 49.7 Å². The molecule has 8 heteroatoms.